The fourth-order valence-electron chi connectivity index (χ4n) is 1.91. The second kappa shape index (κ2) is 4.42. The summed E-state index contributed by atoms with van der Waals surface area (Å²) in [4.78, 5) is 2.32. The molecule has 1 aromatic carbocycles. The first-order valence-electron chi connectivity index (χ1n) is 5.43. The van der Waals surface area contributed by atoms with Crippen molar-refractivity contribution in [3.8, 4) is 0 Å². The summed E-state index contributed by atoms with van der Waals surface area (Å²) in [6.45, 7) is 0.506. The summed E-state index contributed by atoms with van der Waals surface area (Å²) in [7, 11) is 2.14. The zero-order valence-electron chi connectivity index (χ0n) is 9.04. The van der Waals surface area contributed by atoms with Crippen LogP contribution in [0.25, 0.3) is 0 Å². The highest BCUT2D eigenvalue weighted by atomic mass is 35.5. The van der Waals surface area contributed by atoms with Gasteiger partial charge in [-0.2, -0.15) is 0 Å². The Labute approximate surface area is 96.0 Å². The lowest BCUT2D eigenvalue weighted by atomic mass is 9.91. The summed E-state index contributed by atoms with van der Waals surface area (Å²) in [6, 6.07) is 6.84. The zero-order chi connectivity index (χ0) is 10.8. The number of benzene rings is 1. The maximum Gasteiger partial charge on any atom is 0.0471 e. The van der Waals surface area contributed by atoms with Crippen LogP contribution in [0.5, 0.6) is 0 Å². The van der Waals surface area contributed by atoms with Gasteiger partial charge in [-0.05, 0) is 37.0 Å². The third-order valence-electron chi connectivity index (χ3n) is 3.29. The third-order valence-corrected chi connectivity index (χ3v) is 3.64. The highest BCUT2D eigenvalue weighted by molar-refractivity contribution is 6.31. The first-order chi connectivity index (χ1) is 7.22. The van der Waals surface area contributed by atoms with E-state index in [-0.39, 0.29) is 0 Å². The minimum Gasteiger partial charge on any atom is -0.372 e. The zero-order valence-corrected chi connectivity index (χ0v) is 9.80. The lowest BCUT2D eigenvalue weighted by Gasteiger charge is -2.36. The van der Waals surface area contributed by atoms with E-state index >= 15 is 0 Å². The molecule has 82 valence electrons. The van der Waals surface area contributed by atoms with Crippen molar-refractivity contribution in [3.05, 3.63) is 28.8 Å². The van der Waals surface area contributed by atoms with Gasteiger partial charge in [-0.15, -0.1) is 0 Å². The van der Waals surface area contributed by atoms with Crippen LogP contribution in [0.1, 0.15) is 24.8 Å². The molecule has 1 aromatic rings. The molecule has 15 heavy (non-hydrogen) atoms. The van der Waals surface area contributed by atoms with Gasteiger partial charge in [0.2, 0.25) is 0 Å². The van der Waals surface area contributed by atoms with Gasteiger partial charge in [0.15, 0.2) is 0 Å². The molecule has 2 N–H and O–H groups in total. The van der Waals surface area contributed by atoms with Gasteiger partial charge >= 0.3 is 0 Å². The van der Waals surface area contributed by atoms with Crippen molar-refractivity contribution >= 4 is 17.3 Å². The molecule has 0 atom stereocenters. The van der Waals surface area contributed by atoms with Crippen molar-refractivity contribution in [2.24, 2.45) is 5.73 Å². The van der Waals surface area contributed by atoms with Gasteiger partial charge < -0.3 is 10.6 Å². The second-order valence-corrected chi connectivity index (χ2v) is 4.58. The molecule has 0 aromatic heterocycles. The van der Waals surface area contributed by atoms with Crippen molar-refractivity contribution in [2.75, 3.05) is 11.9 Å². The van der Waals surface area contributed by atoms with Crippen molar-refractivity contribution < 1.29 is 0 Å². The number of hydrogen-bond acceptors (Lipinski definition) is 2. The fourth-order valence-corrected chi connectivity index (χ4v) is 2.16. The Bertz CT molecular complexity index is 347. The van der Waals surface area contributed by atoms with Crippen LogP contribution in [-0.2, 0) is 6.54 Å². The molecule has 0 bridgehead atoms. The van der Waals surface area contributed by atoms with E-state index in [0.29, 0.717) is 12.6 Å². The van der Waals surface area contributed by atoms with Crippen molar-refractivity contribution in [1.82, 2.24) is 0 Å². The lowest BCUT2D eigenvalue weighted by molar-refractivity contribution is 0.401. The van der Waals surface area contributed by atoms with E-state index in [9.17, 15) is 0 Å². The molecular formula is C12H17ClN2. The molecule has 1 fully saturated rings. The van der Waals surface area contributed by atoms with Crippen molar-refractivity contribution in [3.63, 3.8) is 0 Å². The van der Waals surface area contributed by atoms with Crippen LogP contribution in [0, 0.1) is 0 Å². The fraction of sp³-hybridized carbons (Fsp3) is 0.500. The van der Waals surface area contributed by atoms with Gasteiger partial charge in [-0.25, -0.2) is 0 Å². The Kier molecular flexibility index (Phi) is 3.17. The SMILES string of the molecule is CN(c1ccc(CN)c(Cl)c1)C1CCC1. The van der Waals surface area contributed by atoms with E-state index in [4.69, 9.17) is 17.3 Å². The molecule has 2 nitrogen and oxygen atoms in total. The van der Waals surface area contributed by atoms with E-state index in [1.54, 1.807) is 0 Å². The van der Waals surface area contributed by atoms with Crippen molar-refractivity contribution in [1.29, 1.82) is 0 Å². The summed E-state index contributed by atoms with van der Waals surface area (Å²) in [5.41, 5.74) is 7.79. The number of anilines is 1. The first kappa shape index (κ1) is 10.8. The van der Waals surface area contributed by atoms with E-state index in [2.05, 4.69) is 18.0 Å². The Morgan fingerprint density at radius 3 is 2.67 bits per heavy atom. The maximum absolute atomic E-state index is 6.13. The van der Waals surface area contributed by atoms with Crippen LogP contribution in [0.4, 0.5) is 5.69 Å². The molecule has 0 heterocycles. The van der Waals surface area contributed by atoms with Gasteiger partial charge in [-0.3, -0.25) is 0 Å². The van der Waals surface area contributed by atoms with E-state index in [1.807, 2.05) is 12.1 Å². The largest absolute Gasteiger partial charge is 0.372 e. The smallest absolute Gasteiger partial charge is 0.0471 e. The Morgan fingerprint density at radius 2 is 2.20 bits per heavy atom. The van der Waals surface area contributed by atoms with Crippen LogP contribution in [0.15, 0.2) is 18.2 Å². The van der Waals surface area contributed by atoms with Gasteiger partial charge in [0.25, 0.3) is 0 Å². The summed E-state index contributed by atoms with van der Waals surface area (Å²) < 4.78 is 0. The average molecular weight is 225 g/mol. The highest BCUT2D eigenvalue weighted by Gasteiger charge is 2.22. The minimum atomic E-state index is 0.506. The third kappa shape index (κ3) is 2.11. The van der Waals surface area contributed by atoms with Crippen molar-refractivity contribution in [2.45, 2.75) is 31.8 Å². The summed E-state index contributed by atoms with van der Waals surface area (Å²) in [6.07, 6.45) is 3.95. The van der Waals surface area contributed by atoms with E-state index in [1.165, 1.54) is 24.9 Å². The Morgan fingerprint density at radius 1 is 1.47 bits per heavy atom. The van der Waals surface area contributed by atoms with Crippen LogP contribution in [0.3, 0.4) is 0 Å². The monoisotopic (exact) mass is 224 g/mol. The van der Waals surface area contributed by atoms with Crippen LogP contribution in [0.2, 0.25) is 5.02 Å². The maximum atomic E-state index is 6.13. The predicted octanol–water partition coefficient (Wildman–Crippen LogP) is 2.79. The summed E-state index contributed by atoms with van der Waals surface area (Å²) in [5.74, 6) is 0. The van der Waals surface area contributed by atoms with Gasteiger partial charge in [0.1, 0.15) is 0 Å². The molecule has 1 aliphatic carbocycles. The molecule has 3 heteroatoms. The molecule has 0 radical (unpaired) electrons. The van der Waals surface area contributed by atoms with E-state index in [0.717, 1.165) is 10.6 Å². The molecule has 2 rings (SSSR count). The molecule has 0 aliphatic heterocycles. The van der Waals surface area contributed by atoms with Gasteiger partial charge in [-0.1, -0.05) is 17.7 Å². The topological polar surface area (TPSA) is 29.3 Å². The standard InChI is InChI=1S/C12H17ClN2/c1-15(10-3-2-4-10)11-6-5-9(8-14)12(13)7-11/h5-7,10H,2-4,8,14H2,1H3. The highest BCUT2D eigenvalue weighted by Crippen LogP contribution is 2.30. The Hall–Kier alpha value is -0.730. The molecule has 0 unspecified atom stereocenters. The number of rotatable bonds is 3. The van der Waals surface area contributed by atoms with Crippen LogP contribution >= 0.6 is 11.6 Å². The quantitative estimate of drug-likeness (QED) is 0.856. The summed E-state index contributed by atoms with van der Waals surface area (Å²) >= 11 is 6.13. The second-order valence-electron chi connectivity index (χ2n) is 4.18. The molecule has 0 amide bonds. The average Bonchev–Trinajstić information content (AvgIpc) is 2.15. The molecule has 0 saturated heterocycles. The normalized spacial score (nSPS) is 16.2. The van der Waals surface area contributed by atoms with Crippen LogP contribution in [-0.4, -0.2) is 13.1 Å². The van der Waals surface area contributed by atoms with Crippen LogP contribution < -0.4 is 10.6 Å². The molecule has 1 saturated carbocycles. The molecule has 0 spiro atoms. The predicted molar refractivity (Wildman–Crippen MR) is 65.4 cm³/mol. The Balaban J connectivity index is 2.17. The summed E-state index contributed by atoms with van der Waals surface area (Å²) in [5, 5.41) is 0.779. The number of nitrogens with two attached hydrogens (primary N) is 1. The number of halogens is 1. The first-order valence-corrected chi connectivity index (χ1v) is 5.81. The number of nitrogens with zero attached hydrogens (tertiary/aromatic N) is 1. The van der Waals surface area contributed by atoms with Gasteiger partial charge in [0, 0.05) is 30.3 Å². The molecule has 1 aliphatic rings. The molecular weight excluding hydrogens is 208 g/mol. The lowest BCUT2D eigenvalue weighted by Crippen LogP contribution is -2.37. The number of hydrogen-bond donors (Lipinski definition) is 1. The van der Waals surface area contributed by atoms with Gasteiger partial charge in [0.05, 0.1) is 0 Å². The van der Waals surface area contributed by atoms with E-state index < -0.39 is 0 Å². The minimum absolute atomic E-state index is 0.506.